The molecule has 0 amide bonds. The fourth-order valence-electron chi connectivity index (χ4n) is 1.54. The number of hydrogen-bond donors (Lipinski definition) is 0. The molecule has 0 saturated heterocycles. The molecule has 92 valence electrons. The van der Waals surface area contributed by atoms with Gasteiger partial charge in [-0.15, -0.1) is 5.10 Å². The fourth-order valence-corrected chi connectivity index (χ4v) is 1.54. The number of rotatable bonds is 2. The van der Waals surface area contributed by atoms with Crippen molar-refractivity contribution < 1.29 is 9.63 Å². The van der Waals surface area contributed by atoms with Gasteiger partial charge in [0.1, 0.15) is 0 Å². The number of carbonyl (C=O) groups is 1. The number of fused-ring (bicyclic) bond motifs is 1. The van der Waals surface area contributed by atoms with Gasteiger partial charge >= 0.3 is 11.5 Å². The number of aryl methyl sites for hydroxylation is 1. The Labute approximate surface area is 103 Å². The third-order valence-corrected chi connectivity index (χ3v) is 2.48. The molecule has 1 heterocycles. The molecule has 1 aromatic carbocycles. The van der Waals surface area contributed by atoms with E-state index in [1.807, 2.05) is 6.07 Å². The quantitative estimate of drug-likeness (QED) is 0.745. The zero-order valence-corrected chi connectivity index (χ0v) is 10.1. The van der Waals surface area contributed by atoms with Crippen molar-refractivity contribution in [1.29, 1.82) is 0 Å². The lowest BCUT2D eigenvalue weighted by atomic mass is 10.1. The van der Waals surface area contributed by atoms with E-state index in [9.17, 15) is 9.59 Å². The summed E-state index contributed by atoms with van der Waals surface area (Å²) in [7, 11) is 0. The minimum atomic E-state index is -0.681. The second-order valence-corrected chi connectivity index (χ2v) is 3.97. The molecule has 2 aromatic rings. The highest BCUT2D eigenvalue weighted by Crippen LogP contribution is 2.11. The van der Waals surface area contributed by atoms with E-state index in [0.29, 0.717) is 15.9 Å². The van der Waals surface area contributed by atoms with Crippen molar-refractivity contribution in [2.45, 2.75) is 13.8 Å². The molecule has 5 heteroatoms. The Morgan fingerprint density at radius 1 is 1.33 bits per heavy atom. The topological polar surface area (TPSA) is 61.2 Å². The number of aromatic nitrogens is 2. The first-order valence-corrected chi connectivity index (χ1v) is 5.37. The molecule has 0 unspecified atom stereocenters. The van der Waals surface area contributed by atoms with Crippen molar-refractivity contribution in [2.24, 2.45) is 0 Å². The minimum Gasteiger partial charge on any atom is -0.310 e. The molecule has 0 atom stereocenters. The van der Waals surface area contributed by atoms with E-state index in [-0.39, 0.29) is 5.57 Å². The smallest absolute Gasteiger partial charge is 0.310 e. The van der Waals surface area contributed by atoms with Crippen molar-refractivity contribution in [1.82, 2.24) is 9.94 Å². The second-order valence-electron chi connectivity index (χ2n) is 3.97. The van der Waals surface area contributed by atoms with Crippen LogP contribution in [0.3, 0.4) is 0 Å². The van der Waals surface area contributed by atoms with Gasteiger partial charge in [-0.1, -0.05) is 24.8 Å². The third-order valence-electron chi connectivity index (χ3n) is 2.48. The Balaban J connectivity index is 2.60. The van der Waals surface area contributed by atoms with Gasteiger partial charge in [-0.2, -0.15) is 0 Å². The largest absolute Gasteiger partial charge is 0.360 e. The van der Waals surface area contributed by atoms with Crippen molar-refractivity contribution in [2.75, 3.05) is 0 Å². The zero-order chi connectivity index (χ0) is 13.3. The highest BCUT2D eigenvalue weighted by atomic mass is 16.7. The van der Waals surface area contributed by atoms with Crippen molar-refractivity contribution >= 4 is 16.7 Å². The highest BCUT2D eigenvalue weighted by molar-refractivity contribution is 5.87. The van der Waals surface area contributed by atoms with E-state index in [1.165, 1.54) is 6.92 Å². The zero-order valence-electron chi connectivity index (χ0n) is 10.1. The van der Waals surface area contributed by atoms with Gasteiger partial charge in [0.25, 0.3) is 0 Å². The summed E-state index contributed by atoms with van der Waals surface area (Å²) in [5.74, 6) is -0.681. The van der Waals surface area contributed by atoms with Gasteiger partial charge in [-0.25, -0.2) is 4.79 Å². The Morgan fingerprint density at radius 3 is 2.56 bits per heavy atom. The lowest BCUT2D eigenvalue weighted by molar-refractivity contribution is -0.141. The van der Waals surface area contributed by atoms with E-state index in [1.54, 1.807) is 25.1 Å². The fraction of sp³-hybridized carbons (Fsp3) is 0.154. The Bertz CT molecular complexity index is 701. The summed E-state index contributed by atoms with van der Waals surface area (Å²) in [6.07, 6.45) is 0. The van der Waals surface area contributed by atoms with Gasteiger partial charge < -0.3 is 4.84 Å². The van der Waals surface area contributed by atoms with Crippen LogP contribution in [0.15, 0.2) is 41.2 Å². The molecule has 0 aliphatic carbocycles. The van der Waals surface area contributed by atoms with Crippen molar-refractivity contribution in [3.05, 3.63) is 52.5 Å². The van der Waals surface area contributed by atoms with Crippen molar-refractivity contribution in [3.63, 3.8) is 0 Å². The molecule has 5 nitrogen and oxygen atoms in total. The van der Waals surface area contributed by atoms with Gasteiger partial charge in [0.05, 0.1) is 11.1 Å². The van der Waals surface area contributed by atoms with Crippen LogP contribution in [-0.2, 0) is 4.79 Å². The van der Waals surface area contributed by atoms with Crippen LogP contribution < -0.4 is 10.4 Å². The predicted molar refractivity (Wildman–Crippen MR) is 67.1 cm³/mol. The SMILES string of the molecule is C=C(C)C(=O)On1nc(C)c2ccccc2c1=O. The van der Waals surface area contributed by atoms with Gasteiger partial charge in [0.15, 0.2) is 0 Å². The summed E-state index contributed by atoms with van der Waals surface area (Å²) in [5, 5.41) is 5.14. The van der Waals surface area contributed by atoms with Gasteiger partial charge in [0.2, 0.25) is 0 Å². The summed E-state index contributed by atoms with van der Waals surface area (Å²) >= 11 is 0. The molecule has 0 spiro atoms. The van der Waals surface area contributed by atoms with E-state index < -0.39 is 11.5 Å². The standard InChI is InChI=1S/C13H12N2O3/c1-8(2)13(17)18-15-12(16)11-7-5-4-6-10(11)9(3)14-15/h4-7H,1H2,2-3H3. The summed E-state index contributed by atoms with van der Waals surface area (Å²) in [6.45, 7) is 6.69. The Hall–Kier alpha value is -2.43. The average Bonchev–Trinajstić information content (AvgIpc) is 2.35. The first kappa shape index (κ1) is 12.0. The summed E-state index contributed by atoms with van der Waals surface area (Å²) < 4.78 is 0. The third kappa shape index (κ3) is 2.02. The van der Waals surface area contributed by atoms with Gasteiger partial charge in [0, 0.05) is 11.0 Å². The number of carbonyl (C=O) groups excluding carboxylic acids is 1. The van der Waals surface area contributed by atoms with Crippen LogP contribution in [-0.4, -0.2) is 15.9 Å². The number of hydrogen-bond acceptors (Lipinski definition) is 4. The minimum absolute atomic E-state index is 0.203. The van der Waals surface area contributed by atoms with Crippen LogP contribution in [0.1, 0.15) is 12.6 Å². The van der Waals surface area contributed by atoms with Crippen LogP contribution in [0.4, 0.5) is 0 Å². The molecular formula is C13H12N2O3. The van der Waals surface area contributed by atoms with E-state index >= 15 is 0 Å². The van der Waals surface area contributed by atoms with Crippen LogP contribution in [0, 0.1) is 6.92 Å². The van der Waals surface area contributed by atoms with Crippen molar-refractivity contribution in [3.8, 4) is 0 Å². The molecule has 0 bridgehead atoms. The van der Waals surface area contributed by atoms with Crippen LogP contribution in [0.25, 0.3) is 10.8 Å². The molecule has 0 saturated carbocycles. The van der Waals surface area contributed by atoms with Crippen LogP contribution in [0.2, 0.25) is 0 Å². The summed E-state index contributed by atoms with van der Waals surface area (Å²) in [6, 6.07) is 7.02. The number of benzene rings is 1. The predicted octanol–water partition coefficient (Wildman–Crippen LogP) is 1.24. The van der Waals surface area contributed by atoms with E-state index in [0.717, 1.165) is 5.39 Å². The van der Waals surface area contributed by atoms with Gasteiger partial charge in [-0.3, -0.25) is 4.79 Å². The lowest BCUT2D eigenvalue weighted by Gasteiger charge is -2.07. The number of nitrogens with zero attached hydrogens (tertiary/aromatic N) is 2. The molecule has 2 rings (SSSR count). The highest BCUT2D eigenvalue weighted by Gasteiger charge is 2.11. The average molecular weight is 244 g/mol. The normalized spacial score (nSPS) is 10.3. The molecule has 0 aliphatic heterocycles. The van der Waals surface area contributed by atoms with Gasteiger partial charge in [-0.05, 0) is 24.8 Å². The van der Waals surface area contributed by atoms with Crippen LogP contribution >= 0.6 is 0 Å². The molecule has 0 N–H and O–H groups in total. The summed E-state index contributed by atoms with van der Waals surface area (Å²) in [5.41, 5.74) is 0.347. The molecule has 0 aliphatic rings. The maximum atomic E-state index is 12.0. The molecule has 1 aromatic heterocycles. The summed E-state index contributed by atoms with van der Waals surface area (Å²) in [4.78, 5) is 29.0. The van der Waals surface area contributed by atoms with E-state index in [4.69, 9.17) is 4.84 Å². The maximum Gasteiger partial charge on any atom is 0.360 e. The molecular weight excluding hydrogens is 232 g/mol. The second kappa shape index (κ2) is 4.44. The monoisotopic (exact) mass is 244 g/mol. The Kier molecular flexibility index (Phi) is 2.97. The Morgan fingerprint density at radius 2 is 1.94 bits per heavy atom. The maximum absolute atomic E-state index is 12.0. The van der Waals surface area contributed by atoms with E-state index in [2.05, 4.69) is 11.7 Å². The lowest BCUT2D eigenvalue weighted by Crippen LogP contribution is -2.33. The molecule has 0 radical (unpaired) electrons. The van der Waals surface area contributed by atoms with Crippen LogP contribution in [0.5, 0.6) is 0 Å². The molecule has 0 fully saturated rings. The first-order valence-electron chi connectivity index (χ1n) is 5.37. The molecule has 18 heavy (non-hydrogen) atoms. The first-order chi connectivity index (χ1) is 8.50.